The molecular weight excluding hydrogens is 274 g/mol. The largest absolute Gasteiger partial charge is 0.494 e. The number of aromatic nitrogens is 1. The predicted molar refractivity (Wildman–Crippen MR) is 81.6 cm³/mol. The van der Waals surface area contributed by atoms with Crippen molar-refractivity contribution in [3.05, 3.63) is 34.3 Å². The molecule has 0 saturated carbocycles. The highest BCUT2D eigenvalue weighted by molar-refractivity contribution is 7.15. The fraction of sp³-hybridized carbons (Fsp3) is 0.286. The van der Waals surface area contributed by atoms with E-state index >= 15 is 0 Å². The number of hydrogen-bond donors (Lipinski definition) is 2. The van der Waals surface area contributed by atoms with Crippen molar-refractivity contribution < 1.29 is 9.53 Å². The summed E-state index contributed by atoms with van der Waals surface area (Å²) in [6, 6.07) is 4.98. The summed E-state index contributed by atoms with van der Waals surface area (Å²) in [5.74, 6) is 0.344. The van der Waals surface area contributed by atoms with Gasteiger partial charge in [0.2, 0.25) is 0 Å². The van der Waals surface area contributed by atoms with Crippen LogP contribution in [0.3, 0.4) is 0 Å². The van der Waals surface area contributed by atoms with Crippen LogP contribution in [0.5, 0.6) is 5.75 Å². The molecule has 0 saturated heterocycles. The van der Waals surface area contributed by atoms with Crippen molar-refractivity contribution in [3.8, 4) is 5.75 Å². The van der Waals surface area contributed by atoms with Gasteiger partial charge < -0.3 is 10.5 Å². The zero-order valence-electron chi connectivity index (χ0n) is 11.7. The molecule has 0 fully saturated rings. The topological polar surface area (TPSA) is 77.2 Å². The number of ether oxygens (including phenoxy) is 1. The monoisotopic (exact) mass is 291 g/mol. The van der Waals surface area contributed by atoms with Crippen molar-refractivity contribution in [3.63, 3.8) is 0 Å². The van der Waals surface area contributed by atoms with Crippen LogP contribution in [0.25, 0.3) is 0 Å². The molecule has 0 aliphatic heterocycles. The first-order valence-corrected chi connectivity index (χ1v) is 7.10. The molecule has 1 aromatic carbocycles. The lowest BCUT2D eigenvalue weighted by molar-refractivity contribution is 0.102. The van der Waals surface area contributed by atoms with Crippen LogP contribution in [0, 0.1) is 13.8 Å². The van der Waals surface area contributed by atoms with Crippen LogP contribution in [-0.4, -0.2) is 17.5 Å². The number of rotatable bonds is 4. The Morgan fingerprint density at radius 1 is 1.40 bits per heavy atom. The van der Waals surface area contributed by atoms with E-state index in [1.54, 1.807) is 18.2 Å². The van der Waals surface area contributed by atoms with Gasteiger partial charge in [0.15, 0.2) is 5.13 Å². The zero-order chi connectivity index (χ0) is 14.7. The Morgan fingerprint density at radius 2 is 2.15 bits per heavy atom. The number of aryl methyl sites for hydroxylation is 2. The third-order valence-electron chi connectivity index (χ3n) is 2.75. The maximum Gasteiger partial charge on any atom is 0.257 e. The summed E-state index contributed by atoms with van der Waals surface area (Å²) in [7, 11) is 0. The van der Waals surface area contributed by atoms with Crippen LogP contribution in [0.1, 0.15) is 27.9 Å². The van der Waals surface area contributed by atoms with Crippen LogP contribution in [0.2, 0.25) is 0 Å². The molecule has 0 aliphatic rings. The molecule has 1 heterocycles. The molecule has 0 radical (unpaired) electrons. The third kappa shape index (κ3) is 3.27. The molecule has 3 N–H and O–H groups in total. The van der Waals surface area contributed by atoms with E-state index in [-0.39, 0.29) is 5.91 Å². The Morgan fingerprint density at radius 3 is 2.75 bits per heavy atom. The predicted octanol–water partition coefficient (Wildman–Crippen LogP) is 2.99. The van der Waals surface area contributed by atoms with Gasteiger partial charge in [0.1, 0.15) is 5.75 Å². The Hall–Kier alpha value is -2.08. The van der Waals surface area contributed by atoms with E-state index in [4.69, 9.17) is 10.5 Å². The SMILES string of the molecule is CCOc1cc(N)cc(C(=O)Nc2nc(C)c(C)s2)c1. The summed E-state index contributed by atoms with van der Waals surface area (Å²) in [5, 5.41) is 3.36. The summed E-state index contributed by atoms with van der Waals surface area (Å²) in [6.07, 6.45) is 0. The highest BCUT2D eigenvalue weighted by Crippen LogP contribution is 2.23. The second kappa shape index (κ2) is 5.92. The van der Waals surface area contributed by atoms with Gasteiger partial charge in [-0.1, -0.05) is 0 Å². The van der Waals surface area contributed by atoms with Crippen LogP contribution >= 0.6 is 11.3 Å². The summed E-state index contributed by atoms with van der Waals surface area (Å²) in [6.45, 7) is 6.28. The average Bonchev–Trinajstić information content (AvgIpc) is 2.68. The second-order valence-corrected chi connectivity index (χ2v) is 5.54. The summed E-state index contributed by atoms with van der Waals surface area (Å²) in [5.41, 5.74) is 7.65. The number of anilines is 2. The number of nitrogens with two attached hydrogens (primary N) is 1. The van der Waals surface area contributed by atoms with E-state index in [1.165, 1.54) is 11.3 Å². The molecule has 106 valence electrons. The lowest BCUT2D eigenvalue weighted by Gasteiger charge is -2.07. The second-order valence-electron chi connectivity index (χ2n) is 4.34. The first-order valence-electron chi connectivity index (χ1n) is 6.28. The van der Waals surface area contributed by atoms with E-state index in [0.717, 1.165) is 10.6 Å². The maximum atomic E-state index is 12.2. The Kier molecular flexibility index (Phi) is 4.24. The van der Waals surface area contributed by atoms with Gasteiger partial charge in [-0.3, -0.25) is 10.1 Å². The van der Waals surface area contributed by atoms with Gasteiger partial charge in [-0.25, -0.2) is 4.98 Å². The molecular formula is C14H17N3O2S. The lowest BCUT2D eigenvalue weighted by atomic mass is 10.2. The third-order valence-corrected chi connectivity index (χ3v) is 3.74. The van der Waals surface area contributed by atoms with Crippen LogP contribution < -0.4 is 15.8 Å². The minimum atomic E-state index is -0.244. The number of thiazole rings is 1. The molecule has 6 heteroatoms. The maximum absolute atomic E-state index is 12.2. The lowest BCUT2D eigenvalue weighted by Crippen LogP contribution is -2.12. The molecule has 5 nitrogen and oxygen atoms in total. The number of nitrogens with zero attached hydrogens (tertiary/aromatic N) is 1. The van der Waals surface area contributed by atoms with E-state index in [2.05, 4.69) is 10.3 Å². The van der Waals surface area contributed by atoms with Crippen molar-refractivity contribution in [1.29, 1.82) is 0 Å². The minimum absolute atomic E-state index is 0.244. The van der Waals surface area contributed by atoms with Crippen molar-refractivity contribution in [2.24, 2.45) is 0 Å². The van der Waals surface area contributed by atoms with Crippen molar-refractivity contribution in [2.45, 2.75) is 20.8 Å². The fourth-order valence-corrected chi connectivity index (χ4v) is 2.51. The molecule has 0 bridgehead atoms. The number of nitrogens with one attached hydrogen (secondary N) is 1. The molecule has 0 spiro atoms. The fourth-order valence-electron chi connectivity index (χ4n) is 1.70. The molecule has 1 aromatic heterocycles. The van der Waals surface area contributed by atoms with Crippen LogP contribution in [-0.2, 0) is 0 Å². The Bertz CT molecular complexity index is 618. The standard InChI is InChI=1S/C14H17N3O2S/c1-4-19-12-6-10(5-11(15)7-12)13(18)17-14-16-8(2)9(3)20-14/h5-7H,4,15H2,1-3H3,(H,16,17,18). The molecule has 2 aromatic rings. The van der Waals surface area contributed by atoms with Crippen molar-refractivity contribution in [2.75, 3.05) is 17.7 Å². The van der Waals surface area contributed by atoms with Crippen molar-refractivity contribution >= 4 is 28.1 Å². The highest BCUT2D eigenvalue weighted by atomic mass is 32.1. The minimum Gasteiger partial charge on any atom is -0.494 e. The van der Waals surface area contributed by atoms with Crippen LogP contribution in [0.4, 0.5) is 10.8 Å². The average molecular weight is 291 g/mol. The molecule has 0 unspecified atom stereocenters. The Balaban J connectivity index is 2.20. The van der Waals surface area contributed by atoms with Gasteiger partial charge in [-0.15, -0.1) is 11.3 Å². The molecule has 20 heavy (non-hydrogen) atoms. The summed E-state index contributed by atoms with van der Waals surface area (Å²) < 4.78 is 5.38. The summed E-state index contributed by atoms with van der Waals surface area (Å²) in [4.78, 5) is 17.6. The number of hydrogen-bond acceptors (Lipinski definition) is 5. The number of carbonyl (C=O) groups is 1. The van der Waals surface area contributed by atoms with Gasteiger partial charge >= 0.3 is 0 Å². The molecule has 0 atom stereocenters. The quantitative estimate of drug-likeness (QED) is 0.849. The molecule has 0 aliphatic carbocycles. The van der Waals surface area contributed by atoms with E-state index in [0.29, 0.717) is 28.7 Å². The van der Waals surface area contributed by atoms with Gasteiger partial charge in [0.25, 0.3) is 5.91 Å². The van der Waals surface area contributed by atoms with E-state index < -0.39 is 0 Å². The summed E-state index contributed by atoms with van der Waals surface area (Å²) >= 11 is 1.45. The first-order chi connectivity index (χ1) is 9.49. The number of amides is 1. The Labute approximate surface area is 121 Å². The molecule has 2 rings (SSSR count). The normalized spacial score (nSPS) is 10.3. The van der Waals surface area contributed by atoms with Gasteiger partial charge in [-0.2, -0.15) is 0 Å². The number of nitrogen functional groups attached to an aromatic ring is 1. The van der Waals surface area contributed by atoms with E-state index in [9.17, 15) is 4.79 Å². The zero-order valence-corrected chi connectivity index (χ0v) is 12.5. The van der Waals surface area contributed by atoms with Crippen LogP contribution in [0.15, 0.2) is 18.2 Å². The molecule has 1 amide bonds. The first kappa shape index (κ1) is 14.3. The highest BCUT2D eigenvalue weighted by Gasteiger charge is 2.12. The number of benzene rings is 1. The van der Waals surface area contributed by atoms with E-state index in [1.807, 2.05) is 20.8 Å². The van der Waals surface area contributed by atoms with Gasteiger partial charge in [0, 0.05) is 22.2 Å². The smallest absolute Gasteiger partial charge is 0.257 e. The van der Waals surface area contributed by atoms with Crippen molar-refractivity contribution in [1.82, 2.24) is 4.98 Å². The van der Waals surface area contributed by atoms with Gasteiger partial charge in [-0.05, 0) is 32.9 Å². The number of carbonyl (C=O) groups excluding carboxylic acids is 1. The van der Waals surface area contributed by atoms with Gasteiger partial charge in [0.05, 0.1) is 12.3 Å².